The molecule has 0 aliphatic heterocycles. The molecule has 0 aromatic rings. The summed E-state index contributed by atoms with van der Waals surface area (Å²) >= 11 is 0. The molecule has 54 valence electrons. The molecule has 0 rings (SSSR count). The van der Waals surface area contributed by atoms with Crippen LogP contribution >= 0.6 is 0 Å². The van der Waals surface area contributed by atoms with Crippen LogP contribution in [0, 0.1) is 0 Å². The topological polar surface area (TPSA) is 38.3 Å². The molecule has 0 amide bonds. The first-order valence-electron chi connectivity index (χ1n) is 3.08. The SMILES string of the molecule is CCCC(=O)CNOC. The Hall–Kier alpha value is -0.410. The summed E-state index contributed by atoms with van der Waals surface area (Å²) in [7, 11) is 1.50. The highest BCUT2D eigenvalue weighted by Crippen LogP contribution is 1.86. The zero-order valence-corrected chi connectivity index (χ0v) is 5.94. The number of rotatable bonds is 5. The van der Waals surface area contributed by atoms with Crippen LogP contribution < -0.4 is 5.48 Å². The lowest BCUT2D eigenvalue weighted by atomic mass is 10.2. The van der Waals surface area contributed by atoms with Gasteiger partial charge in [-0.2, -0.15) is 5.48 Å². The minimum Gasteiger partial charge on any atom is -0.305 e. The predicted molar refractivity (Wildman–Crippen MR) is 34.9 cm³/mol. The molecule has 1 N–H and O–H groups in total. The van der Waals surface area contributed by atoms with Crippen LogP contribution in [0.1, 0.15) is 19.8 Å². The van der Waals surface area contributed by atoms with Gasteiger partial charge in [0.1, 0.15) is 5.78 Å². The minimum atomic E-state index is 0.194. The summed E-state index contributed by atoms with van der Waals surface area (Å²) in [5.41, 5.74) is 2.48. The van der Waals surface area contributed by atoms with Crippen molar-refractivity contribution in [1.82, 2.24) is 5.48 Å². The van der Waals surface area contributed by atoms with Crippen molar-refractivity contribution in [2.75, 3.05) is 13.7 Å². The highest BCUT2D eigenvalue weighted by atomic mass is 16.6. The van der Waals surface area contributed by atoms with Crippen LogP contribution in [0.2, 0.25) is 0 Å². The summed E-state index contributed by atoms with van der Waals surface area (Å²) in [6.45, 7) is 2.30. The molecule has 3 nitrogen and oxygen atoms in total. The van der Waals surface area contributed by atoms with Crippen LogP contribution in [-0.2, 0) is 9.63 Å². The van der Waals surface area contributed by atoms with Gasteiger partial charge in [-0.05, 0) is 6.42 Å². The Bertz CT molecular complexity index is 83.1. The van der Waals surface area contributed by atoms with Gasteiger partial charge in [0.15, 0.2) is 0 Å². The van der Waals surface area contributed by atoms with Crippen molar-refractivity contribution in [1.29, 1.82) is 0 Å². The van der Waals surface area contributed by atoms with Gasteiger partial charge in [0.05, 0.1) is 13.7 Å². The summed E-state index contributed by atoms with van der Waals surface area (Å²) in [5, 5.41) is 0. The van der Waals surface area contributed by atoms with Crippen molar-refractivity contribution < 1.29 is 9.63 Å². The fraction of sp³-hybridized carbons (Fsp3) is 0.833. The van der Waals surface area contributed by atoms with E-state index in [-0.39, 0.29) is 5.78 Å². The normalized spacial score (nSPS) is 9.56. The van der Waals surface area contributed by atoms with Gasteiger partial charge in [-0.15, -0.1) is 0 Å². The average Bonchev–Trinajstić information content (AvgIpc) is 1.85. The lowest BCUT2D eigenvalue weighted by molar-refractivity contribution is -0.120. The summed E-state index contributed by atoms with van der Waals surface area (Å²) in [6, 6.07) is 0. The van der Waals surface area contributed by atoms with Crippen molar-refractivity contribution in [2.24, 2.45) is 0 Å². The molecule has 0 heterocycles. The van der Waals surface area contributed by atoms with Crippen LogP contribution in [-0.4, -0.2) is 19.4 Å². The third kappa shape index (κ3) is 5.46. The molecule has 0 aliphatic rings. The molecule has 0 aliphatic carbocycles. The Morgan fingerprint density at radius 1 is 1.67 bits per heavy atom. The number of nitrogens with one attached hydrogen (secondary N) is 1. The van der Waals surface area contributed by atoms with Crippen LogP contribution in [0.25, 0.3) is 0 Å². The Morgan fingerprint density at radius 2 is 2.33 bits per heavy atom. The number of carbonyl (C=O) groups excluding carboxylic acids is 1. The minimum absolute atomic E-state index is 0.194. The van der Waals surface area contributed by atoms with Crippen molar-refractivity contribution in [3.63, 3.8) is 0 Å². The zero-order valence-electron chi connectivity index (χ0n) is 5.94. The number of carbonyl (C=O) groups is 1. The van der Waals surface area contributed by atoms with Gasteiger partial charge in [0.2, 0.25) is 0 Å². The van der Waals surface area contributed by atoms with Gasteiger partial charge in [0, 0.05) is 6.42 Å². The monoisotopic (exact) mass is 131 g/mol. The first kappa shape index (κ1) is 8.59. The molecule has 0 aromatic carbocycles. The molecule has 0 saturated heterocycles. The fourth-order valence-electron chi connectivity index (χ4n) is 0.520. The van der Waals surface area contributed by atoms with Gasteiger partial charge < -0.3 is 4.84 Å². The average molecular weight is 131 g/mol. The van der Waals surface area contributed by atoms with Crippen LogP contribution in [0.4, 0.5) is 0 Å². The van der Waals surface area contributed by atoms with Gasteiger partial charge in [-0.25, -0.2) is 0 Å². The molecule has 0 fully saturated rings. The molecule has 9 heavy (non-hydrogen) atoms. The van der Waals surface area contributed by atoms with E-state index >= 15 is 0 Å². The van der Waals surface area contributed by atoms with E-state index in [0.717, 1.165) is 6.42 Å². The molecular weight excluding hydrogens is 118 g/mol. The second kappa shape index (κ2) is 5.72. The van der Waals surface area contributed by atoms with Gasteiger partial charge >= 0.3 is 0 Å². The lowest BCUT2D eigenvalue weighted by Crippen LogP contribution is -2.21. The van der Waals surface area contributed by atoms with E-state index in [9.17, 15) is 4.79 Å². The highest BCUT2D eigenvalue weighted by molar-refractivity contribution is 5.80. The van der Waals surface area contributed by atoms with Crippen molar-refractivity contribution in [2.45, 2.75) is 19.8 Å². The summed E-state index contributed by atoms with van der Waals surface area (Å²) < 4.78 is 0. The predicted octanol–water partition coefficient (Wildman–Crippen LogP) is 0.507. The van der Waals surface area contributed by atoms with Crippen LogP contribution in [0.5, 0.6) is 0 Å². The molecule has 0 atom stereocenters. The third-order valence-corrected chi connectivity index (χ3v) is 0.943. The second-order valence-corrected chi connectivity index (χ2v) is 1.81. The molecule has 0 unspecified atom stereocenters. The number of Topliss-reactive ketones (excluding diaryl/α,β-unsaturated/α-hetero) is 1. The van der Waals surface area contributed by atoms with E-state index in [1.165, 1.54) is 7.11 Å². The van der Waals surface area contributed by atoms with Crippen LogP contribution in [0.15, 0.2) is 0 Å². The molecule has 0 saturated carbocycles. The number of hydroxylamine groups is 1. The van der Waals surface area contributed by atoms with E-state index in [1.807, 2.05) is 6.92 Å². The molecule has 0 spiro atoms. The highest BCUT2D eigenvalue weighted by Gasteiger charge is 1.96. The number of hydrogen-bond acceptors (Lipinski definition) is 3. The first-order chi connectivity index (χ1) is 4.31. The Morgan fingerprint density at radius 3 is 2.78 bits per heavy atom. The van der Waals surface area contributed by atoms with E-state index in [2.05, 4.69) is 10.3 Å². The van der Waals surface area contributed by atoms with Gasteiger partial charge in [-0.1, -0.05) is 6.92 Å². The van der Waals surface area contributed by atoms with Gasteiger partial charge in [0.25, 0.3) is 0 Å². The van der Waals surface area contributed by atoms with E-state index in [4.69, 9.17) is 0 Å². The molecule has 0 radical (unpaired) electrons. The molecular formula is C6H13NO2. The smallest absolute Gasteiger partial charge is 0.148 e. The standard InChI is InChI=1S/C6H13NO2/c1-3-4-6(8)5-7-9-2/h7H,3-5H2,1-2H3. The molecule has 0 aromatic heterocycles. The first-order valence-corrected chi connectivity index (χ1v) is 3.08. The number of ketones is 1. The van der Waals surface area contributed by atoms with E-state index in [1.54, 1.807) is 0 Å². The molecule has 0 bridgehead atoms. The maximum Gasteiger partial charge on any atom is 0.148 e. The van der Waals surface area contributed by atoms with Crippen molar-refractivity contribution in [3.05, 3.63) is 0 Å². The number of hydrogen-bond donors (Lipinski definition) is 1. The third-order valence-electron chi connectivity index (χ3n) is 0.943. The Labute approximate surface area is 55.3 Å². The van der Waals surface area contributed by atoms with Crippen molar-refractivity contribution >= 4 is 5.78 Å². The summed E-state index contributed by atoms with van der Waals surface area (Å²) in [6.07, 6.45) is 1.54. The zero-order chi connectivity index (χ0) is 7.11. The quantitative estimate of drug-likeness (QED) is 0.552. The van der Waals surface area contributed by atoms with Crippen molar-refractivity contribution in [3.8, 4) is 0 Å². The van der Waals surface area contributed by atoms with E-state index in [0.29, 0.717) is 13.0 Å². The Balaban J connectivity index is 3.06. The molecule has 3 heteroatoms. The maximum absolute atomic E-state index is 10.7. The maximum atomic E-state index is 10.7. The lowest BCUT2D eigenvalue weighted by Gasteiger charge is -1.97. The van der Waals surface area contributed by atoms with E-state index < -0.39 is 0 Å². The Kier molecular flexibility index (Phi) is 5.46. The summed E-state index contributed by atoms with van der Waals surface area (Å²) in [5.74, 6) is 0.194. The summed E-state index contributed by atoms with van der Waals surface area (Å²) in [4.78, 5) is 15.1. The largest absolute Gasteiger partial charge is 0.305 e. The second-order valence-electron chi connectivity index (χ2n) is 1.81. The van der Waals surface area contributed by atoms with Crippen LogP contribution in [0.3, 0.4) is 0 Å². The fourth-order valence-corrected chi connectivity index (χ4v) is 0.520. The van der Waals surface area contributed by atoms with Gasteiger partial charge in [-0.3, -0.25) is 4.79 Å².